The second-order valence-corrected chi connectivity index (χ2v) is 13.9. The summed E-state index contributed by atoms with van der Waals surface area (Å²) in [7, 11) is -4.11. The molecule has 2 aromatic carbocycles. The van der Waals surface area contributed by atoms with E-state index >= 15 is 0 Å². The lowest BCUT2D eigenvalue weighted by molar-refractivity contribution is 0.228. The Kier molecular flexibility index (Phi) is 9.28. The topological polar surface area (TPSA) is 133 Å². The predicted molar refractivity (Wildman–Crippen MR) is 168 cm³/mol. The molecule has 0 radical (unpaired) electrons. The van der Waals surface area contributed by atoms with Gasteiger partial charge in [0.15, 0.2) is 0 Å². The Bertz CT molecular complexity index is 1790. The molecule has 0 saturated carbocycles. The third-order valence-electron chi connectivity index (χ3n) is 6.92. The fourth-order valence-corrected chi connectivity index (χ4v) is 7.56. The van der Waals surface area contributed by atoms with Crippen LogP contribution in [0, 0.1) is 0 Å². The minimum absolute atomic E-state index is 0.0458. The number of fused-ring (bicyclic) bond motifs is 1. The molecule has 0 atom stereocenters. The van der Waals surface area contributed by atoms with E-state index in [1.807, 2.05) is 16.9 Å². The average Bonchev–Trinajstić information content (AvgIpc) is 3.40. The van der Waals surface area contributed by atoms with Crippen LogP contribution in [0.25, 0.3) is 16.5 Å². The number of pyridine rings is 1. The summed E-state index contributed by atoms with van der Waals surface area (Å²) in [5.41, 5.74) is 0.717. The van der Waals surface area contributed by atoms with Gasteiger partial charge in [0.05, 0.1) is 15.0 Å². The number of carbonyl (C=O) groups excluding carboxylic acids is 1. The molecule has 14 heteroatoms. The van der Waals surface area contributed by atoms with Crippen LogP contribution in [0.1, 0.15) is 25.7 Å². The Morgan fingerprint density at radius 1 is 0.976 bits per heavy atom. The number of nitrogens with one attached hydrogen (secondary N) is 3. The van der Waals surface area contributed by atoms with E-state index in [2.05, 4.69) is 15.5 Å². The van der Waals surface area contributed by atoms with E-state index in [4.69, 9.17) is 23.2 Å². The summed E-state index contributed by atoms with van der Waals surface area (Å²) in [5, 5.41) is 17.9. The molecule has 0 bridgehead atoms. The number of hydrogen-bond donors (Lipinski definition) is 4. The van der Waals surface area contributed by atoms with Gasteiger partial charge in [0.25, 0.3) is 15.6 Å². The van der Waals surface area contributed by atoms with E-state index in [1.165, 1.54) is 55.7 Å². The number of sulfonamides is 1. The van der Waals surface area contributed by atoms with E-state index in [9.17, 15) is 23.1 Å². The Balaban J connectivity index is 1.27. The summed E-state index contributed by atoms with van der Waals surface area (Å²) in [4.78, 5) is 27.9. The normalized spacial score (nSPS) is 14.1. The van der Waals surface area contributed by atoms with Crippen LogP contribution >= 0.6 is 34.5 Å². The molecule has 10 nitrogen and oxygen atoms in total. The number of carbonyl (C=O) groups is 1. The number of piperidine rings is 1. The first kappa shape index (κ1) is 30.2. The van der Waals surface area contributed by atoms with Crippen LogP contribution in [-0.2, 0) is 10.0 Å². The summed E-state index contributed by atoms with van der Waals surface area (Å²) in [6.07, 6.45) is 4.85. The molecule has 0 aliphatic carbocycles. The number of benzene rings is 2. The number of urea groups is 1. The first-order chi connectivity index (χ1) is 20.1. The molecule has 2 aromatic heterocycles. The molecule has 42 heavy (non-hydrogen) atoms. The van der Waals surface area contributed by atoms with Crippen molar-refractivity contribution in [3.05, 3.63) is 74.3 Å². The molecule has 2 amide bonds. The van der Waals surface area contributed by atoms with Crippen LogP contribution in [0.5, 0.6) is 5.88 Å². The van der Waals surface area contributed by atoms with Crippen LogP contribution in [0.3, 0.4) is 0 Å². The van der Waals surface area contributed by atoms with Gasteiger partial charge in [0.1, 0.15) is 4.21 Å². The van der Waals surface area contributed by atoms with Gasteiger partial charge in [0, 0.05) is 29.4 Å². The van der Waals surface area contributed by atoms with Gasteiger partial charge in [0.2, 0.25) is 5.88 Å². The minimum Gasteiger partial charge on any atom is -0.494 e. The number of hydrogen-bond acceptors (Lipinski definition) is 8. The van der Waals surface area contributed by atoms with Crippen molar-refractivity contribution in [2.45, 2.75) is 29.9 Å². The second kappa shape index (κ2) is 12.9. The zero-order chi connectivity index (χ0) is 29.9. The van der Waals surface area contributed by atoms with Crippen molar-refractivity contribution < 1.29 is 18.3 Å². The smallest absolute Gasteiger partial charge is 0.333 e. The number of amides is 2. The molecule has 1 saturated heterocycles. The number of anilines is 2. The van der Waals surface area contributed by atoms with Crippen molar-refractivity contribution in [2.75, 3.05) is 36.8 Å². The van der Waals surface area contributed by atoms with Crippen LogP contribution in [0.15, 0.2) is 63.6 Å². The van der Waals surface area contributed by atoms with Crippen LogP contribution in [-0.4, -0.2) is 55.2 Å². The van der Waals surface area contributed by atoms with Gasteiger partial charge < -0.3 is 20.6 Å². The van der Waals surface area contributed by atoms with Crippen molar-refractivity contribution >= 4 is 72.7 Å². The molecule has 0 spiro atoms. The number of aromatic hydroxyl groups is 1. The first-order valence-corrected chi connectivity index (χ1v) is 16.4. The summed E-state index contributed by atoms with van der Waals surface area (Å²) in [5.74, 6) is -0.282. The van der Waals surface area contributed by atoms with Crippen molar-refractivity contribution in [3.8, 4) is 11.6 Å². The van der Waals surface area contributed by atoms with Crippen LogP contribution in [0.2, 0.25) is 9.36 Å². The number of halogens is 2. The zero-order valence-electron chi connectivity index (χ0n) is 22.4. The molecule has 1 aliphatic rings. The van der Waals surface area contributed by atoms with Gasteiger partial charge in [-0.1, -0.05) is 29.6 Å². The van der Waals surface area contributed by atoms with Gasteiger partial charge in [-0.05, 0) is 92.8 Å². The highest BCUT2D eigenvalue weighted by Crippen LogP contribution is 2.31. The van der Waals surface area contributed by atoms with Crippen molar-refractivity contribution in [1.82, 2.24) is 14.2 Å². The molecule has 5 rings (SSSR count). The second-order valence-electron chi connectivity index (χ2n) is 9.91. The molecule has 4 N–H and O–H groups in total. The van der Waals surface area contributed by atoms with Crippen LogP contribution in [0.4, 0.5) is 16.2 Å². The van der Waals surface area contributed by atoms with E-state index in [-0.39, 0.29) is 30.8 Å². The van der Waals surface area contributed by atoms with Gasteiger partial charge in [-0.15, -0.1) is 11.3 Å². The Labute approximate surface area is 256 Å². The standard InChI is InChI=1S/C28H29Cl2N5O5S2/c29-22-17-20(32-28(38)33-42(39,40)26-10-9-24(30)41-26)6-8-23(22)35-25(36)16-18-15-19(5-7-21(18)27(35)37)31-11-4-14-34-12-2-1-3-13-34/h5-10,15-17,31,37H,1-4,11-14H2,(H2,32,33,38). The Hall–Kier alpha value is -3.29. The highest BCUT2D eigenvalue weighted by atomic mass is 35.5. The van der Waals surface area contributed by atoms with E-state index in [0.717, 1.165) is 54.2 Å². The maximum Gasteiger partial charge on any atom is 0.333 e. The SMILES string of the molecule is O=C(Nc1ccc(-n2c(O)c3ccc(NCCCN4CCCCC4)cc3cc2=O)c(Cl)c1)NS(=O)(=O)c1ccc(Cl)s1. The van der Waals surface area contributed by atoms with Crippen molar-refractivity contribution in [1.29, 1.82) is 0 Å². The van der Waals surface area contributed by atoms with Crippen LogP contribution < -0.4 is 20.9 Å². The number of aromatic nitrogens is 1. The quantitative estimate of drug-likeness (QED) is 0.167. The van der Waals surface area contributed by atoms with Gasteiger partial charge in [-0.3, -0.25) is 4.79 Å². The number of rotatable bonds is 9. The van der Waals surface area contributed by atoms with E-state index < -0.39 is 21.6 Å². The third-order valence-corrected chi connectivity index (χ3v) is 10.3. The van der Waals surface area contributed by atoms with Crippen molar-refractivity contribution in [2.24, 2.45) is 0 Å². The lowest BCUT2D eigenvalue weighted by Gasteiger charge is -2.26. The fraction of sp³-hybridized carbons (Fsp3) is 0.286. The molecular formula is C28H29Cl2N5O5S2. The minimum atomic E-state index is -4.11. The number of thiophene rings is 1. The zero-order valence-corrected chi connectivity index (χ0v) is 25.5. The molecule has 3 heterocycles. The first-order valence-electron chi connectivity index (χ1n) is 13.3. The summed E-state index contributed by atoms with van der Waals surface area (Å²) >= 11 is 13.0. The summed E-state index contributed by atoms with van der Waals surface area (Å²) in [6.45, 7) is 4.18. The molecular weight excluding hydrogens is 621 g/mol. The highest BCUT2D eigenvalue weighted by molar-refractivity contribution is 7.92. The molecule has 0 unspecified atom stereocenters. The summed E-state index contributed by atoms with van der Waals surface area (Å²) < 4.78 is 27.9. The number of nitrogens with zero attached hydrogens (tertiary/aromatic N) is 2. The summed E-state index contributed by atoms with van der Waals surface area (Å²) in [6, 6.07) is 12.7. The van der Waals surface area contributed by atoms with E-state index in [0.29, 0.717) is 10.8 Å². The lowest BCUT2D eigenvalue weighted by atomic mass is 10.1. The maximum absolute atomic E-state index is 13.1. The largest absolute Gasteiger partial charge is 0.494 e. The van der Waals surface area contributed by atoms with Gasteiger partial charge in [-0.25, -0.2) is 22.5 Å². The van der Waals surface area contributed by atoms with Gasteiger partial charge in [-0.2, -0.15) is 0 Å². The van der Waals surface area contributed by atoms with Crippen molar-refractivity contribution in [3.63, 3.8) is 0 Å². The Morgan fingerprint density at radius 3 is 2.45 bits per heavy atom. The average molecular weight is 651 g/mol. The molecule has 4 aromatic rings. The molecule has 1 fully saturated rings. The lowest BCUT2D eigenvalue weighted by Crippen LogP contribution is -2.33. The fourth-order valence-electron chi connectivity index (χ4n) is 4.91. The number of likely N-dealkylation sites (tertiary alicyclic amines) is 1. The highest BCUT2D eigenvalue weighted by Gasteiger charge is 2.21. The monoisotopic (exact) mass is 649 g/mol. The van der Waals surface area contributed by atoms with E-state index in [1.54, 1.807) is 6.07 Å². The third kappa shape index (κ3) is 7.01. The molecule has 1 aliphatic heterocycles. The predicted octanol–water partition coefficient (Wildman–Crippen LogP) is 5.86. The van der Waals surface area contributed by atoms with Gasteiger partial charge >= 0.3 is 6.03 Å². The Morgan fingerprint density at radius 2 is 1.74 bits per heavy atom. The maximum atomic E-state index is 13.1. The molecule has 222 valence electrons.